The first-order valence-electron chi connectivity index (χ1n) is 14.3. The number of carboxylic acid groups (broad SMARTS) is 2. The molecule has 2 atom stereocenters. The number of nitrogen functional groups attached to an aromatic ring is 1. The molecule has 0 aliphatic rings. The maximum atomic E-state index is 12.1. The van der Waals surface area contributed by atoms with Gasteiger partial charge in [0.05, 0.1) is 12.0 Å². The molecule has 0 aliphatic carbocycles. The van der Waals surface area contributed by atoms with Crippen LogP contribution in [0.4, 0.5) is 22.1 Å². The van der Waals surface area contributed by atoms with Crippen molar-refractivity contribution in [2.24, 2.45) is 5.73 Å². The number of aliphatic carboxylic acids is 1. The molecule has 0 saturated carbocycles. The summed E-state index contributed by atoms with van der Waals surface area (Å²) in [5, 5.41) is 31.3. The van der Waals surface area contributed by atoms with Gasteiger partial charge in [-0.2, -0.15) is 15.0 Å². The minimum absolute atomic E-state index is 0.0352. The summed E-state index contributed by atoms with van der Waals surface area (Å²) in [6.07, 6.45) is 0.0000772. The molecule has 2 aromatic carbocycles. The normalized spacial score (nSPS) is 12.3. The number of aromatic carboxylic acids is 1. The molecular formula is C28H32ClN8O13PS2. The molecule has 0 radical (unpaired) electrons. The number of nitrogens with two attached hydrogens (primary N) is 2. The molecule has 0 aliphatic heterocycles. The van der Waals surface area contributed by atoms with Gasteiger partial charge in [-0.3, -0.25) is 24.8 Å². The maximum absolute atomic E-state index is 12.1. The Kier molecular flexibility index (Phi) is 16.0. The number of anilines is 2. The third-order valence-electron chi connectivity index (χ3n) is 5.94. The topological polar surface area (TPSA) is 339 Å². The van der Waals surface area contributed by atoms with Crippen molar-refractivity contribution in [3.05, 3.63) is 79.7 Å². The van der Waals surface area contributed by atoms with Gasteiger partial charge >= 0.3 is 24.0 Å². The number of nitro groups is 1. The van der Waals surface area contributed by atoms with Gasteiger partial charge in [0.15, 0.2) is 7.37 Å². The number of carbonyl (C=O) groups is 3. The summed E-state index contributed by atoms with van der Waals surface area (Å²) in [6.45, 7) is 2.70. The quantitative estimate of drug-likeness (QED) is 0.0463. The van der Waals surface area contributed by atoms with Crippen LogP contribution >= 0.6 is 30.3 Å². The molecule has 21 nitrogen and oxygen atoms in total. The van der Waals surface area contributed by atoms with Crippen LogP contribution in [0, 0.1) is 17.0 Å². The highest BCUT2D eigenvalue weighted by atomic mass is 35.5. The Bertz CT molecular complexity index is 2100. The van der Waals surface area contributed by atoms with Gasteiger partial charge in [0.25, 0.3) is 15.7 Å². The number of carboxylic acids is 2. The van der Waals surface area contributed by atoms with Gasteiger partial charge in [-0.15, -0.1) is 11.3 Å². The van der Waals surface area contributed by atoms with E-state index in [0.717, 1.165) is 17.4 Å². The van der Waals surface area contributed by atoms with E-state index < -0.39 is 56.1 Å². The number of thiophene rings is 1. The second-order valence-corrected chi connectivity index (χ2v) is 15.7. The van der Waals surface area contributed by atoms with Crippen molar-refractivity contribution < 1.29 is 56.9 Å². The van der Waals surface area contributed by atoms with Crippen molar-refractivity contribution in [2.75, 3.05) is 31.0 Å². The minimum atomic E-state index is -4.37. The number of rotatable bonds is 12. The van der Waals surface area contributed by atoms with Gasteiger partial charge in [-0.1, -0.05) is 29.8 Å². The highest BCUT2D eigenvalue weighted by Gasteiger charge is 2.26. The van der Waals surface area contributed by atoms with Gasteiger partial charge < -0.3 is 36.0 Å². The Morgan fingerprint density at radius 1 is 1.11 bits per heavy atom. The summed E-state index contributed by atoms with van der Waals surface area (Å²) < 4.78 is 46.8. The average Bonchev–Trinajstić information content (AvgIpc) is 3.58. The molecule has 286 valence electrons. The van der Waals surface area contributed by atoms with E-state index in [-0.39, 0.29) is 52.5 Å². The monoisotopic (exact) mass is 818 g/mol. The van der Waals surface area contributed by atoms with E-state index in [9.17, 15) is 37.5 Å². The van der Waals surface area contributed by atoms with E-state index in [1.165, 1.54) is 38.2 Å². The highest BCUT2D eigenvalue weighted by Crippen LogP contribution is 2.39. The van der Waals surface area contributed by atoms with Crippen molar-refractivity contribution >= 4 is 75.6 Å². The average molecular weight is 819 g/mol. The van der Waals surface area contributed by atoms with Crippen LogP contribution in [-0.2, 0) is 19.4 Å². The number of methoxy groups -OCH3 is 1. The zero-order valence-corrected chi connectivity index (χ0v) is 31.0. The van der Waals surface area contributed by atoms with Crippen molar-refractivity contribution in [1.82, 2.24) is 19.7 Å². The molecule has 9 N–H and O–H groups in total. The summed E-state index contributed by atoms with van der Waals surface area (Å²) in [4.78, 5) is 62.2. The van der Waals surface area contributed by atoms with Gasteiger partial charge in [-0.05, 0) is 43.0 Å². The number of aryl methyl sites for hydroxylation is 1. The van der Waals surface area contributed by atoms with Crippen LogP contribution in [0.2, 0.25) is 5.02 Å². The van der Waals surface area contributed by atoms with Crippen LogP contribution in [0.3, 0.4) is 0 Å². The largest absolute Gasteiger partial charge is 0.480 e. The van der Waals surface area contributed by atoms with E-state index in [4.69, 9.17) is 47.6 Å². The molecule has 4 rings (SSSR count). The van der Waals surface area contributed by atoms with E-state index in [1.54, 1.807) is 29.0 Å². The summed E-state index contributed by atoms with van der Waals surface area (Å²) in [5.74, 6) is -1.68. The molecule has 0 fully saturated rings. The van der Waals surface area contributed by atoms with Crippen molar-refractivity contribution in [3.8, 4) is 17.5 Å². The number of nitrogens with zero attached hydrogens (tertiary/aromatic N) is 4. The van der Waals surface area contributed by atoms with Crippen LogP contribution in [0.15, 0.2) is 58.8 Å². The summed E-state index contributed by atoms with van der Waals surface area (Å²) in [6, 6.07) is 10.5. The highest BCUT2D eigenvalue weighted by molar-refractivity contribution is 7.90. The number of urea groups is 1. The number of ether oxygens (including phenoxy) is 2. The van der Waals surface area contributed by atoms with Crippen molar-refractivity contribution in [3.63, 3.8) is 0 Å². The number of sulfonamides is 1. The Morgan fingerprint density at radius 2 is 1.75 bits per heavy atom. The lowest BCUT2D eigenvalue weighted by Crippen LogP contribution is -2.35. The van der Waals surface area contributed by atoms with Crippen molar-refractivity contribution in [1.29, 1.82) is 0 Å². The van der Waals surface area contributed by atoms with Crippen LogP contribution in [0.25, 0.3) is 0 Å². The Labute approximate surface area is 309 Å². The first-order chi connectivity index (χ1) is 24.6. The molecule has 2 unspecified atom stereocenters. The first kappa shape index (κ1) is 43.7. The van der Waals surface area contributed by atoms with Gasteiger partial charge in [0.1, 0.15) is 43.8 Å². The lowest BCUT2D eigenvalue weighted by molar-refractivity contribution is -0.383. The number of aromatic nitrogens is 3. The number of halogens is 1. The number of benzene rings is 2. The summed E-state index contributed by atoms with van der Waals surface area (Å²) in [5.41, 5.74) is 10.3. The van der Waals surface area contributed by atoms with Gasteiger partial charge in [0, 0.05) is 18.9 Å². The predicted octanol–water partition coefficient (Wildman–Crippen LogP) is 3.77. The maximum Gasteiger partial charge on any atom is 0.347 e. The minimum Gasteiger partial charge on any atom is -0.480 e. The molecule has 0 spiro atoms. The fourth-order valence-corrected chi connectivity index (χ4v) is 6.62. The number of nitrogens with one attached hydrogen (secondary N) is 2. The fraction of sp³-hybridized carbons (Fsp3) is 0.214. The smallest absolute Gasteiger partial charge is 0.347 e. The molecule has 2 amide bonds. The molecule has 25 heteroatoms. The summed E-state index contributed by atoms with van der Waals surface area (Å²) >= 11 is 6.66. The molecule has 0 bridgehead atoms. The fourth-order valence-electron chi connectivity index (χ4n) is 3.49. The SMILES string of the molecule is COc1nc(C)nc(NC(=O)NS(=O)(=O)c2ccsc2C(=O)O)n1.CP(=O)(O)CCC(N)C(=O)O.Nc1c([N+](=O)[O-])ccc(Oc2ccccc2)c1Cl. The van der Waals surface area contributed by atoms with Crippen LogP contribution in [0.5, 0.6) is 17.5 Å². The molecule has 53 heavy (non-hydrogen) atoms. The number of carbonyl (C=O) groups excluding carboxylic acids is 1. The van der Waals surface area contributed by atoms with Crippen LogP contribution in [0.1, 0.15) is 21.9 Å². The number of para-hydroxylation sites is 1. The zero-order chi connectivity index (χ0) is 40.1. The Morgan fingerprint density at radius 3 is 2.30 bits per heavy atom. The molecular weight excluding hydrogens is 787 g/mol. The number of nitro benzene ring substituents is 1. The molecule has 2 heterocycles. The number of hydrogen-bond donors (Lipinski definition) is 7. The predicted molar refractivity (Wildman–Crippen MR) is 192 cm³/mol. The molecule has 0 saturated heterocycles. The second-order valence-electron chi connectivity index (χ2n) is 10.2. The Hall–Kier alpha value is -5.45. The van der Waals surface area contributed by atoms with E-state index in [0.29, 0.717) is 5.75 Å². The van der Waals surface area contributed by atoms with Gasteiger partial charge in [-0.25, -0.2) is 22.7 Å². The summed E-state index contributed by atoms with van der Waals surface area (Å²) in [7, 11) is -6.16. The van der Waals surface area contributed by atoms with Crippen LogP contribution < -0.4 is 31.0 Å². The van der Waals surface area contributed by atoms with E-state index in [1.807, 2.05) is 6.07 Å². The number of amides is 2. The van der Waals surface area contributed by atoms with Crippen LogP contribution in [-0.4, -0.2) is 87.3 Å². The molecule has 4 aromatic rings. The van der Waals surface area contributed by atoms with Crippen molar-refractivity contribution in [2.45, 2.75) is 24.3 Å². The van der Waals surface area contributed by atoms with E-state index >= 15 is 0 Å². The third-order valence-corrected chi connectivity index (χ3v) is 9.82. The first-order valence-corrected chi connectivity index (χ1v) is 19.3. The zero-order valence-electron chi connectivity index (χ0n) is 27.7. The van der Waals surface area contributed by atoms with E-state index in [2.05, 4.69) is 20.3 Å². The third kappa shape index (κ3) is 14.2. The second kappa shape index (κ2) is 19.4. The lowest BCUT2D eigenvalue weighted by atomic mass is 10.2. The standard InChI is InChI=1S/C12H9ClN2O3.C11H11N5O6S2.C5H12NO4P/c13-11-10(18-8-4-2-1-3-5-8)7-6-9(12(11)14)15(16)17;1-5-12-9(15-11(13-5)22-2)14-10(19)16-24(20,21)6-3-4-23-7(6)8(17)18;1-11(9,10)3-2-4(6)5(7)8/h1-7H,14H2;3-4H,1-2H3,(H,17,18)(H2,12,13,14,15,16,19);4H,2-3,6H2,1H3,(H,7,8)(H,9,10). The lowest BCUT2D eigenvalue weighted by Gasteiger charge is -2.08. The Balaban J connectivity index is 0.000000296. The number of hydrogen-bond acceptors (Lipinski definition) is 16. The van der Waals surface area contributed by atoms with Gasteiger partial charge in [0.2, 0.25) is 5.95 Å². The molecule has 2 aromatic heterocycles.